The monoisotopic (exact) mass is 274 g/mol. The van der Waals surface area contributed by atoms with E-state index in [1.165, 1.54) is 0 Å². The normalized spacial score (nSPS) is 14.8. The van der Waals surface area contributed by atoms with Gasteiger partial charge in [0.2, 0.25) is 5.91 Å². The lowest BCUT2D eigenvalue weighted by molar-refractivity contribution is -0.130. The predicted molar refractivity (Wildman–Crippen MR) is 72.4 cm³/mol. The maximum Gasteiger partial charge on any atom is 0.225 e. The van der Waals surface area contributed by atoms with E-state index >= 15 is 0 Å². The van der Waals surface area contributed by atoms with Gasteiger partial charge in [0.1, 0.15) is 6.29 Å². The first-order valence-corrected chi connectivity index (χ1v) is 6.61. The summed E-state index contributed by atoms with van der Waals surface area (Å²) in [6.45, 7) is 3.91. The molecule has 0 aliphatic heterocycles. The van der Waals surface area contributed by atoms with Gasteiger partial charge in [-0.05, 0) is 25.7 Å². The van der Waals surface area contributed by atoms with Gasteiger partial charge >= 0.3 is 0 Å². The minimum Gasteiger partial charge on any atom is -0.396 e. The highest BCUT2D eigenvalue weighted by molar-refractivity contribution is 5.82. The van der Waals surface area contributed by atoms with Gasteiger partial charge < -0.3 is 26.1 Å². The Labute approximate surface area is 114 Å². The quantitative estimate of drug-likeness (QED) is 0.319. The van der Waals surface area contributed by atoms with Crippen molar-refractivity contribution in [2.24, 2.45) is 11.1 Å². The second kappa shape index (κ2) is 9.01. The minimum atomic E-state index is -0.690. The molecule has 0 radical (unpaired) electrons. The van der Waals surface area contributed by atoms with E-state index in [-0.39, 0.29) is 12.5 Å². The molecule has 19 heavy (non-hydrogen) atoms. The number of rotatable bonds is 10. The maximum atomic E-state index is 11.9. The van der Waals surface area contributed by atoms with E-state index in [2.05, 4.69) is 5.32 Å². The van der Waals surface area contributed by atoms with Crippen molar-refractivity contribution in [2.75, 3.05) is 13.2 Å². The summed E-state index contributed by atoms with van der Waals surface area (Å²) >= 11 is 0. The van der Waals surface area contributed by atoms with Gasteiger partial charge in [-0.2, -0.15) is 0 Å². The van der Waals surface area contributed by atoms with Crippen molar-refractivity contribution in [3.63, 3.8) is 0 Å². The van der Waals surface area contributed by atoms with E-state index in [9.17, 15) is 14.7 Å². The summed E-state index contributed by atoms with van der Waals surface area (Å²) in [4.78, 5) is 22.4. The Hall–Kier alpha value is -0.980. The molecule has 1 amide bonds. The highest BCUT2D eigenvalue weighted by Crippen LogP contribution is 2.21. The first kappa shape index (κ1) is 18.0. The van der Waals surface area contributed by atoms with Crippen molar-refractivity contribution in [1.29, 1.82) is 0 Å². The van der Waals surface area contributed by atoms with E-state index in [0.717, 1.165) is 0 Å². The highest BCUT2D eigenvalue weighted by Gasteiger charge is 2.29. The molecular weight excluding hydrogens is 248 g/mol. The van der Waals surface area contributed by atoms with Crippen LogP contribution in [0.1, 0.15) is 39.5 Å². The number of aldehydes is 1. The van der Waals surface area contributed by atoms with Crippen molar-refractivity contribution in [1.82, 2.24) is 5.32 Å². The second-order valence-corrected chi connectivity index (χ2v) is 5.45. The summed E-state index contributed by atoms with van der Waals surface area (Å²) in [6.07, 6.45) is 1.94. The molecule has 2 unspecified atom stereocenters. The molecule has 0 saturated heterocycles. The molecule has 0 aromatic rings. The Morgan fingerprint density at radius 2 is 2.05 bits per heavy atom. The third-order valence-electron chi connectivity index (χ3n) is 3.00. The molecule has 0 bridgehead atoms. The van der Waals surface area contributed by atoms with E-state index in [4.69, 9.17) is 10.8 Å². The SMILES string of the molecule is CC(C)(CC(N)C=O)C(=O)NCCCC(O)CCO. The number of aliphatic hydroxyl groups is 2. The number of hydrogen-bond donors (Lipinski definition) is 4. The highest BCUT2D eigenvalue weighted by atomic mass is 16.3. The molecule has 6 heteroatoms. The maximum absolute atomic E-state index is 11.9. The number of aliphatic hydroxyl groups excluding tert-OH is 2. The molecule has 0 spiro atoms. The lowest BCUT2D eigenvalue weighted by Gasteiger charge is -2.25. The standard InChI is InChI=1S/C13H26N2O4/c1-13(2,8-10(14)9-17)12(19)15-6-3-4-11(18)5-7-16/h9-11,16,18H,3-8,14H2,1-2H3,(H,15,19). The summed E-state index contributed by atoms with van der Waals surface area (Å²) in [5, 5.41) is 20.8. The Bertz CT molecular complexity index is 282. The van der Waals surface area contributed by atoms with Gasteiger partial charge in [-0.25, -0.2) is 0 Å². The van der Waals surface area contributed by atoms with Crippen LogP contribution < -0.4 is 11.1 Å². The van der Waals surface area contributed by atoms with Crippen LogP contribution in [0.2, 0.25) is 0 Å². The fourth-order valence-corrected chi connectivity index (χ4v) is 1.80. The number of hydrogen-bond acceptors (Lipinski definition) is 5. The molecule has 0 aliphatic carbocycles. The van der Waals surface area contributed by atoms with Gasteiger partial charge in [-0.3, -0.25) is 4.79 Å². The van der Waals surface area contributed by atoms with Crippen molar-refractivity contribution in [3.8, 4) is 0 Å². The summed E-state index contributed by atoms with van der Waals surface area (Å²) in [7, 11) is 0. The van der Waals surface area contributed by atoms with Crippen LogP contribution in [-0.4, -0.2) is 47.7 Å². The summed E-state index contributed by atoms with van der Waals surface area (Å²) in [5.41, 5.74) is 4.83. The van der Waals surface area contributed by atoms with Crippen molar-refractivity contribution in [3.05, 3.63) is 0 Å². The van der Waals surface area contributed by atoms with Crippen LogP contribution in [-0.2, 0) is 9.59 Å². The lowest BCUT2D eigenvalue weighted by Crippen LogP contribution is -2.41. The third kappa shape index (κ3) is 7.92. The van der Waals surface area contributed by atoms with Crippen LogP contribution in [0.5, 0.6) is 0 Å². The number of nitrogens with two attached hydrogens (primary N) is 1. The van der Waals surface area contributed by atoms with Crippen LogP contribution in [0.25, 0.3) is 0 Å². The van der Waals surface area contributed by atoms with Crippen molar-refractivity contribution < 1.29 is 19.8 Å². The Kier molecular flexibility index (Phi) is 8.54. The third-order valence-corrected chi connectivity index (χ3v) is 3.00. The fourth-order valence-electron chi connectivity index (χ4n) is 1.80. The molecule has 2 atom stereocenters. The van der Waals surface area contributed by atoms with Crippen LogP contribution in [0.15, 0.2) is 0 Å². The fraction of sp³-hybridized carbons (Fsp3) is 0.846. The molecule has 0 fully saturated rings. The number of carbonyl (C=O) groups excluding carboxylic acids is 2. The van der Waals surface area contributed by atoms with Crippen LogP contribution in [0.4, 0.5) is 0 Å². The first-order chi connectivity index (χ1) is 8.83. The zero-order valence-corrected chi connectivity index (χ0v) is 11.8. The molecule has 112 valence electrons. The topological polar surface area (TPSA) is 113 Å². The summed E-state index contributed by atoms with van der Waals surface area (Å²) in [5.74, 6) is -0.151. The van der Waals surface area contributed by atoms with Crippen molar-refractivity contribution >= 4 is 12.2 Å². The Balaban J connectivity index is 3.93. The van der Waals surface area contributed by atoms with Gasteiger partial charge in [-0.15, -0.1) is 0 Å². The van der Waals surface area contributed by atoms with Gasteiger partial charge in [0.15, 0.2) is 0 Å². The van der Waals surface area contributed by atoms with E-state index in [1.54, 1.807) is 13.8 Å². The number of carbonyl (C=O) groups is 2. The van der Waals surface area contributed by atoms with E-state index in [0.29, 0.717) is 38.5 Å². The molecule has 0 saturated carbocycles. The molecule has 0 rings (SSSR count). The van der Waals surface area contributed by atoms with Gasteiger partial charge in [0.05, 0.1) is 12.1 Å². The zero-order chi connectivity index (χ0) is 14.9. The first-order valence-electron chi connectivity index (χ1n) is 6.61. The molecule has 5 N–H and O–H groups in total. The zero-order valence-electron chi connectivity index (χ0n) is 11.8. The summed E-state index contributed by atoms with van der Waals surface area (Å²) in [6, 6.07) is -0.632. The predicted octanol–water partition coefficient (Wildman–Crippen LogP) is -0.431. The van der Waals surface area contributed by atoms with Crippen molar-refractivity contribution in [2.45, 2.75) is 51.7 Å². The van der Waals surface area contributed by atoms with Crippen LogP contribution in [0.3, 0.4) is 0 Å². The number of amides is 1. The lowest BCUT2D eigenvalue weighted by atomic mass is 9.85. The van der Waals surface area contributed by atoms with Gasteiger partial charge in [0.25, 0.3) is 0 Å². The van der Waals surface area contributed by atoms with Gasteiger partial charge in [0, 0.05) is 18.6 Å². The average Bonchev–Trinajstić information content (AvgIpc) is 2.34. The largest absolute Gasteiger partial charge is 0.396 e. The molecule has 0 aromatic carbocycles. The van der Waals surface area contributed by atoms with E-state index in [1.807, 2.05) is 0 Å². The molecule has 0 aliphatic rings. The Morgan fingerprint density at radius 3 is 2.58 bits per heavy atom. The Morgan fingerprint density at radius 1 is 1.42 bits per heavy atom. The van der Waals surface area contributed by atoms with E-state index < -0.39 is 17.6 Å². The summed E-state index contributed by atoms with van der Waals surface area (Å²) < 4.78 is 0. The number of nitrogens with one attached hydrogen (secondary N) is 1. The molecular formula is C13H26N2O4. The molecule has 6 nitrogen and oxygen atoms in total. The van der Waals surface area contributed by atoms with Crippen LogP contribution >= 0.6 is 0 Å². The average molecular weight is 274 g/mol. The van der Waals surface area contributed by atoms with Crippen LogP contribution in [0, 0.1) is 5.41 Å². The molecule has 0 aromatic heterocycles. The molecule has 0 heterocycles. The minimum absolute atomic E-state index is 0.0376. The second-order valence-electron chi connectivity index (χ2n) is 5.45. The smallest absolute Gasteiger partial charge is 0.225 e. The van der Waals surface area contributed by atoms with Gasteiger partial charge in [-0.1, -0.05) is 13.8 Å².